The van der Waals surface area contributed by atoms with E-state index in [2.05, 4.69) is 47.2 Å². The van der Waals surface area contributed by atoms with Gasteiger partial charge in [-0.15, -0.1) is 0 Å². The van der Waals surface area contributed by atoms with Crippen molar-refractivity contribution >= 4 is 0 Å². The molecule has 0 aliphatic heterocycles. The highest BCUT2D eigenvalue weighted by Crippen LogP contribution is 2.31. The second-order valence-corrected chi connectivity index (χ2v) is 4.34. The summed E-state index contributed by atoms with van der Waals surface area (Å²) in [5.74, 6) is 0. The number of aromatic nitrogens is 2. The third kappa shape index (κ3) is 1.93. The van der Waals surface area contributed by atoms with Crippen LogP contribution in [0.25, 0.3) is 22.4 Å². The average molecular weight is 234 g/mol. The van der Waals surface area contributed by atoms with Crippen molar-refractivity contribution in [1.82, 2.24) is 9.97 Å². The quantitative estimate of drug-likeness (QED) is 0.712. The fourth-order valence-corrected chi connectivity index (χ4v) is 2.18. The van der Waals surface area contributed by atoms with Crippen molar-refractivity contribution in [3.63, 3.8) is 0 Å². The van der Waals surface area contributed by atoms with Crippen LogP contribution in [0.3, 0.4) is 0 Å². The van der Waals surface area contributed by atoms with Gasteiger partial charge in [0.2, 0.25) is 0 Å². The molecule has 2 heterocycles. The Morgan fingerprint density at radius 2 is 1.61 bits per heavy atom. The topological polar surface area (TPSA) is 28.7 Å². The van der Waals surface area contributed by atoms with E-state index >= 15 is 0 Å². The molecule has 0 bridgehead atoms. The molecule has 18 heavy (non-hydrogen) atoms. The first-order valence-corrected chi connectivity index (χ1v) is 6.00. The molecule has 88 valence electrons. The molecule has 3 aromatic rings. The first-order valence-electron chi connectivity index (χ1n) is 6.00. The molecule has 0 atom stereocenters. The van der Waals surface area contributed by atoms with Gasteiger partial charge in [0.1, 0.15) is 0 Å². The Balaban J connectivity index is 2.17. The van der Waals surface area contributed by atoms with Crippen molar-refractivity contribution in [3.05, 3.63) is 66.6 Å². The fraction of sp³-hybridized carbons (Fsp3) is 0.0625. The molecule has 2 aromatic heterocycles. The second-order valence-electron chi connectivity index (χ2n) is 4.34. The molecule has 0 saturated carbocycles. The Labute approximate surface area is 106 Å². The normalized spacial score (nSPS) is 10.5. The van der Waals surface area contributed by atoms with Gasteiger partial charge in [0.25, 0.3) is 0 Å². The van der Waals surface area contributed by atoms with Gasteiger partial charge in [0.15, 0.2) is 0 Å². The molecule has 1 aromatic carbocycles. The first-order chi connectivity index (χ1) is 8.84. The highest BCUT2D eigenvalue weighted by atomic mass is 14.7. The lowest BCUT2D eigenvalue weighted by molar-refractivity contribution is 1.26. The summed E-state index contributed by atoms with van der Waals surface area (Å²) < 4.78 is 0. The van der Waals surface area contributed by atoms with Crippen molar-refractivity contribution in [1.29, 1.82) is 0 Å². The van der Waals surface area contributed by atoms with E-state index in [4.69, 9.17) is 0 Å². The first kappa shape index (κ1) is 10.8. The molecule has 2 heteroatoms. The van der Waals surface area contributed by atoms with Crippen LogP contribution in [0.4, 0.5) is 0 Å². The summed E-state index contributed by atoms with van der Waals surface area (Å²) in [6.45, 7) is 2.08. The van der Waals surface area contributed by atoms with E-state index in [1.54, 1.807) is 0 Å². The van der Waals surface area contributed by atoms with Crippen molar-refractivity contribution < 1.29 is 0 Å². The Morgan fingerprint density at radius 3 is 2.33 bits per heavy atom. The van der Waals surface area contributed by atoms with Gasteiger partial charge in [-0.1, -0.05) is 30.3 Å². The number of rotatable bonds is 2. The molecular formula is C16H14N2. The summed E-state index contributed by atoms with van der Waals surface area (Å²) in [5.41, 5.74) is 5.95. The van der Waals surface area contributed by atoms with Crippen LogP contribution in [0.15, 0.2) is 60.9 Å². The monoisotopic (exact) mass is 234 g/mol. The number of H-pyrrole nitrogens is 1. The molecule has 0 fully saturated rings. The molecule has 0 radical (unpaired) electrons. The van der Waals surface area contributed by atoms with Crippen LogP contribution in [0.5, 0.6) is 0 Å². The number of hydrogen-bond donors (Lipinski definition) is 1. The summed E-state index contributed by atoms with van der Waals surface area (Å²) >= 11 is 0. The van der Waals surface area contributed by atoms with Gasteiger partial charge in [-0.2, -0.15) is 0 Å². The number of pyridine rings is 1. The van der Waals surface area contributed by atoms with Gasteiger partial charge in [-0.25, -0.2) is 0 Å². The van der Waals surface area contributed by atoms with Gasteiger partial charge in [-0.05, 0) is 30.7 Å². The highest BCUT2D eigenvalue weighted by Gasteiger charge is 2.09. The zero-order valence-electron chi connectivity index (χ0n) is 10.2. The van der Waals surface area contributed by atoms with E-state index in [0.29, 0.717) is 0 Å². The van der Waals surface area contributed by atoms with Crippen LogP contribution in [0.1, 0.15) is 5.69 Å². The Bertz CT molecular complexity index is 582. The number of benzene rings is 1. The lowest BCUT2D eigenvalue weighted by Crippen LogP contribution is -1.82. The van der Waals surface area contributed by atoms with Crippen LogP contribution in [-0.2, 0) is 0 Å². The van der Waals surface area contributed by atoms with Gasteiger partial charge in [0, 0.05) is 29.2 Å². The average Bonchev–Trinajstić information content (AvgIpc) is 2.83. The Hall–Kier alpha value is -2.35. The molecule has 0 saturated heterocycles. The standard InChI is InChI=1S/C16H14N2/c1-12-11-15(13-5-3-2-4-6-13)16(18-12)14-7-9-17-10-8-14/h2-11,18H,1H3. The van der Waals surface area contributed by atoms with Gasteiger partial charge >= 0.3 is 0 Å². The van der Waals surface area contributed by atoms with Crippen LogP contribution >= 0.6 is 0 Å². The molecular weight excluding hydrogens is 220 g/mol. The number of hydrogen-bond acceptors (Lipinski definition) is 1. The minimum absolute atomic E-state index is 1.15. The van der Waals surface area contributed by atoms with Crippen molar-refractivity contribution in [2.24, 2.45) is 0 Å². The molecule has 0 spiro atoms. The fourth-order valence-electron chi connectivity index (χ4n) is 2.18. The molecule has 0 aliphatic carbocycles. The molecule has 2 nitrogen and oxygen atoms in total. The zero-order chi connectivity index (χ0) is 12.4. The summed E-state index contributed by atoms with van der Waals surface area (Å²) in [6, 6.07) is 16.7. The van der Waals surface area contributed by atoms with Crippen LogP contribution in [-0.4, -0.2) is 9.97 Å². The van der Waals surface area contributed by atoms with Crippen molar-refractivity contribution in [2.75, 3.05) is 0 Å². The van der Waals surface area contributed by atoms with E-state index in [9.17, 15) is 0 Å². The Kier molecular flexibility index (Phi) is 2.69. The highest BCUT2D eigenvalue weighted by molar-refractivity contribution is 5.81. The molecule has 0 unspecified atom stereocenters. The number of nitrogens with one attached hydrogen (secondary N) is 1. The molecule has 0 amide bonds. The maximum absolute atomic E-state index is 4.07. The lowest BCUT2D eigenvalue weighted by atomic mass is 10.0. The number of aryl methyl sites for hydroxylation is 1. The van der Waals surface area contributed by atoms with Gasteiger partial charge in [-0.3, -0.25) is 4.98 Å². The zero-order valence-corrected chi connectivity index (χ0v) is 10.2. The second kappa shape index (κ2) is 4.49. The summed E-state index contributed by atoms with van der Waals surface area (Å²) in [5, 5.41) is 0. The lowest BCUT2D eigenvalue weighted by Gasteiger charge is -2.04. The maximum atomic E-state index is 4.07. The molecule has 1 N–H and O–H groups in total. The molecule has 3 rings (SSSR count). The number of aromatic amines is 1. The van der Waals surface area contributed by atoms with E-state index in [-0.39, 0.29) is 0 Å². The third-order valence-electron chi connectivity index (χ3n) is 3.01. The SMILES string of the molecule is Cc1cc(-c2ccccc2)c(-c2ccncc2)[nH]1. The van der Waals surface area contributed by atoms with Crippen molar-refractivity contribution in [2.45, 2.75) is 6.92 Å². The van der Waals surface area contributed by atoms with Crippen LogP contribution in [0, 0.1) is 6.92 Å². The van der Waals surface area contributed by atoms with Gasteiger partial charge < -0.3 is 4.98 Å². The summed E-state index contributed by atoms with van der Waals surface area (Å²) in [4.78, 5) is 7.50. The van der Waals surface area contributed by atoms with E-state index in [0.717, 1.165) is 11.3 Å². The van der Waals surface area contributed by atoms with E-state index < -0.39 is 0 Å². The smallest absolute Gasteiger partial charge is 0.0536 e. The molecule has 0 aliphatic rings. The number of nitrogens with zero attached hydrogens (tertiary/aromatic N) is 1. The van der Waals surface area contributed by atoms with Crippen LogP contribution in [0.2, 0.25) is 0 Å². The third-order valence-corrected chi connectivity index (χ3v) is 3.01. The minimum Gasteiger partial charge on any atom is -0.358 e. The maximum Gasteiger partial charge on any atom is 0.0536 e. The largest absolute Gasteiger partial charge is 0.358 e. The summed E-state index contributed by atoms with van der Waals surface area (Å²) in [6.07, 6.45) is 3.64. The predicted molar refractivity (Wildman–Crippen MR) is 74.2 cm³/mol. The van der Waals surface area contributed by atoms with Crippen molar-refractivity contribution in [3.8, 4) is 22.4 Å². The van der Waals surface area contributed by atoms with E-state index in [1.807, 2.05) is 30.6 Å². The van der Waals surface area contributed by atoms with E-state index in [1.165, 1.54) is 16.8 Å². The van der Waals surface area contributed by atoms with Gasteiger partial charge in [0.05, 0.1) is 5.69 Å². The Morgan fingerprint density at radius 1 is 0.889 bits per heavy atom. The summed E-state index contributed by atoms with van der Waals surface area (Å²) in [7, 11) is 0. The van der Waals surface area contributed by atoms with Crippen LogP contribution < -0.4 is 0 Å². The predicted octanol–water partition coefficient (Wildman–Crippen LogP) is 4.05. The minimum atomic E-state index is 1.15.